The first-order valence-corrected chi connectivity index (χ1v) is 7.22. The largest absolute Gasteiger partial charge is 0.361 e. The van der Waals surface area contributed by atoms with Crippen molar-refractivity contribution >= 4 is 22.5 Å². The Bertz CT molecular complexity index is 884. The van der Waals surface area contributed by atoms with Crippen LogP contribution >= 0.6 is 0 Å². The van der Waals surface area contributed by atoms with Crippen molar-refractivity contribution in [2.75, 3.05) is 5.32 Å². The van der Waals surface area contributed by atoms with Crippen molar-refractivity contribution < 1.29 is 13.6 Å². The van der Waals surface area contributed by atoms with E-state index in [0.717, 1.165) is 10.9 Å². The van der Waals surface area contributed by atoms with Crippen LogP contribution in [0.2, 0.25) is 0 Å². The van der Waals surface area contributed by atoms with Gasteiger partial charge in [0.25, 0.3) is 0 Å². The molecule has 3 aromatic rings. The quantitative estimate of drug-likeness (QED) is 0.741. The van der Waals surface area contributed by atoms with E-state index in [9.17, 15) is 13.6 Å². The van der Waals surface area contributed by atoms with E-state index in [0.29, 0.717) is 11.2 Å². The van der Waals surface area contributed by atoms with Crippen molar-refractivity contribution in [3.05, 3.63) is 65.9 Å². The molecule has 23 heavy (non-hydrogen) atoms. The summed E-state index contributed by atoms with van der Waals surface area (Å²) in [5, 5.41) is 3.50. The van der Waals surface area contributed by atoms with Gasteiger partial charge in [-0.1, -0.05) is 6.07 Å². The molecule has 0 aliphatic carbocycles. The standard InChI is InChI=1S/C18H16F2N2O/c1-18(2,17(23)22-13-5-3-4-11(19)8-13)15-10-21-16-9-12(20)6-7-14(15)16/h3-10,21H,1-2H3,(H,22,23). The number of aromatic nitrogens is 1. The fourth-order valence-electron chi connectivity index (χ4n) is 2.59. The third-order valence-electron chi connectivity index (χ3n) is 3.97. The van der Waals surface area contributed by atoms with Crippen LogP contribution in [-0.2, 0) is 10.2 Å². The fourth-order valence-corrected chi connectivity index (χ4v) is 2.59. The number of benzene rings is 2. The lowest BCUT2D eigenvalue weighted by Crippen LogP contribution is -2.34. The zero-order valence-electron chi connectivity index (χ0n) is 12.8. The molecule has 0 saturated heterocycles. The molecule has 1 amide bonds. The van der Waals surface area contributed by atoms with E-state index in [1.165, 1.54) is 30.3 Å². The molecule has 2 N–H and O–H groups in total. The summed E-state index contributed by atoms with van der Waals surface area (Å²) in [7, 11) is 0. The van der Waals surface area contributed by atoms with Crippen molar-refractivity contribution in [2.24, 2.45) is 0 Å². The average Bonchev–Trinajstić information content (AvgIpc) is 2.90. The molecule has 3 nitrogen and oxygen atoms in total. The van der Waals surface area contributed by atoms with E-state index in [1.54, 1.807) is 32.2 Å². The minimum absolute atomic E-state index is 0.270. The van der Waals surface area contributed by atoms with E-state index in [-0.39, 0.29) is 11.7 Å². The van der Waals surface area contributed by atoms with Crippen molar-refractivity contribution in [1.29, 1.82) is 0 Å². The van der Waals surface area contributed by atoms with Gasteiger partial charge in [-0.05, 0) is 55.8 Å². The summed E-state index contributed by atoms with van der Waals surface area (Å²) < 4.78 is 26.5. The topological polar surface area (TPSA) is 44.9 Å². The molecule has 0 radical (unpaired) electrons. The first kappa shape index (κ1) is 15.2. The Morgan fingerprint density at radius 1 is 1.09 bits per heavy atom. The Hall–Kier alpha value is -2.69. The first-order chi connectivity index (χ1) is 10.9. The number of anilines is 1. The molecule has 0 aliphatic rings. The molecule has 118 valence electrons. The highest BCUT2D eigenvalue weighted by molar-refractivity contribution is 6.01. The molecule has 0 atom stereocenters. The Balaban J connectivity index is 1.94. The molecule has 3 rings (SSSR count). The van der Waals surface area contributed by atoms with Crippen LogP contribution in [0.25, 0.3) is 10.9 Å². The predicted molar refractivity (Wildman–Crippen MR) is 86.3 cm³/mol. The number of H-pyrrole nitrogens is 1. The van der Waals surface area contributed by atoms with Crippen molar-refractivity contribution in [1.82, 2.24) is 4.98 Å². The minimum Gasteiger partial charge on any atom is -0.361 e. The van der Waals surface area contributed by atoms with Crippen LogP contribution < -0.4 is 5.32 Å². The number of fused-ring (bicyclic) bond motifs is 1. The Morgan fingerprint density at radius 3 is 2.57 bits per heavy atom. The van der Waals surface area contributed by atoms with Crippen molar-refractivity contribution in [2.45, 2.75) is 19.3 Å². The second-order valence-electron chi connectivity index (χ2n) is 5.98. The lowest BCUT2D eigenvalue weighted by atomic mass is 9.83. The second-order valence-corrected chi connectivity index (χ2v) is 5.98. The number of rotatable bonds is 3. The van der Waals surface area contributed by atoms with Crippen LogP contribution in [0.1, 0.15) is 19.4 Å². The summed E-state index contributed by atoms with van der Waals surface area (Å²) >= 11 is 0. The zero-order valence-corrected chi connectivity index (χ0v) is 12.8. The van der Waals surface area contributed by atoms with Gasteiger partial charge >= 0.3 is 0 Å². The maximum atomic E-state index is 13.3. The highest BCUT2D eigenvalue weighted by Crippen LogP contribution is 2.32. The van der Waals surface area contributed by atoms with Gasteiger partial charge in [0, 0.05) is 22.8 Å². The molecule has 5 heteroatoms. The van der Waals surface area contributed by atoms with Crippen molar-refractivity contribution in [3.8, 4) is 0 Å². The van der Waals surface area contributed by atoms with Gasteiger partial charge in [0.1, 0.15) is 11.6 Å². The normalized spacial score (nSPS) is 11.7. The first-order valence-electron chi connectivity index (χ1n) is 7.22. The summed E-state index contributed by atoms with van der Waals surface area (Å²) in [6.45, 7) is 3.54. The molecule has 1 aromatic heterocycles. The summed E-state index contributed by atoms with van der Waals surface area (Å²) in [4.78, 5) is 15.6. The highest BCUT2D eigenvalue weighted by atomic mass is 19.1. The van der Waals surface area contributed by atoms with E-state index < -0.39 is 11.2 Å². The van der Waals surface area contributed by atoms with Gasteiger partial charge in [-0.25, -0.2) is 8.78 Å². The van der Waals surface area contributed by atoms with E-state index >= 15 is 0 Å². The lowest BCUT2D eigenvalue weighted by Gasteiger charge is -2.23. The Labute approximate surface area is 132 Å². The number of hydrogen-bond acceptors (Lipinski definition) is 1. The molecular weight excluding hydrogens is 298 g/mol. The van der Waals surface area contributed by atoms with Crippen LogP contribution in [-0.4, -0.2) is 10.9 Å². The molecule has 0 saturated carbocycles. The smallest absolute Gasteiger partial charge is 0.234 e. The summed E-state index contributed by atoms with van der Waals surface area (Å²) in [6, 6.07) is 10.1. The highest BCUT2D eigenvalue weighted by Gasteiger charge is 2.32. The molecule has 0 bridgehead atoms. The number of carbonyl (C=O) groups excluding carboxylic acids is 1. The third kappa shape index (κ3) is 2.82. The Morgan fingerprint density at radius 2 is 1.83 bits per heavy atom. The second kappa shape index (κ2) is 5.50. The van der Waals surface area contributed by atoms with Crippen LogP contribution in [0.4, 0.5) is 14.5 Å². The monoisotopic (exact) mass is 314 g/mol. The fraction of sp³-hybridized carbons (Fsp3) is 0.167. The maximum absolute atomic E-state index is 13.3. The van der Waals surface area contributed by atoms with Crippen LogP contribution in [0, 0.1) is 11.6 Å². The summed E-state index contributed by atoms with van der Waals surface area (Å²) in [5.41, 5.74) is 0.907. The SMILES string of the molecule is CC(C)(C(=O)Nc1cccc(F)c1)c1c[nH]c2cc(F)ccc12. The van der Waals surface area contributed by atoms with Crippen LogP contribution in [0.5, 0.6) is 0 Å². The number of carbonyl (C=O) groups is 1. The van der Waals surface area contributed by atoms with E-state index in [4.69, 9.17) is 0 Å². The average molecular weight is 314 g/mol. The third-order valence-corrected chi connectivity index (χ3v) is 3.97. The zero-order chi connectivity index (χ0) is 16.6. The lowest BCUT2D eigenvalue weighted by molar-refractivity contribution is -0.120. The van der Waals surface area contributed by atoms with E-state index in [1.807, 2.05) is 0 Å². The number of amides is 1. The number of halogens is 2. The molecule has 0 fully saturated rings. The van der Waals surface area contributed by atoms with Gasteiger partial charge in [-0.2, -0.15) is 0 Å². The molecule has 1 heterocycles. The van der Waals surface area contributed by atoms with Gasteiger partial charge in [-0.3, -0.25) is 4.79 Å². The van der Waals surface area contributed by atoms with Crippen molar-refractivity contribution in [3.63, 3.8) is 0 Å². The van der Waals surface area contributed by atoms with Gasteiger partial charge in [0.15, 0.2) is 0 Å². The number of aromatic amines is 1. The molecule has 0 spiro atoms. The Kier molecular flexibility index (Phi) is 3.64. The number of hydrogen-bond donors (Lipinski definition) is 2. The summed E-state index contributed by atoms with van der Waals surface area (Å²) in [6.07, 6.45) is 1.70. The maximum Gasteiger partial charge on any atom is 0.234 e. The van der Waals surface area contributed by atoms with E-state index in [2.05, 4.69) is 10.3 Å². The van der Waals surface area contributed by atoms with Crippen LogP contribution in [0.15, 0.2) is 48.7 Å². The molecule has 0 unspecified atom stereocenters. The van der Waals surface area contributed by atoms with Crippen LogP contribution in [0.3, 0.4) is 0 Å². The summed E-state index contributed by atoms with van der Waals surface area (Å²) in [5.74, 6) is -1.02. The van der Waals surface area contributed by atoms with Gasteiger partial charge in [-0.15, -0.1) is 0 Å². The molecular formula is C18H16F2N2O. The predicted octanol–water partition coefficient (Wildman–Crippen LogP) is 4.36. The number of nitrogens with one attached hydrogen (secondary N) is 2. The van der Waals surface area contributed by atoms with Gasteiger partial charge in [0.05, 0.1) is 5.41 Å². The van der Waals surface area contributed by atoms with Gasteiger partial charge in [0.2, 0.25) is 5.91 Å². The molecule has 2 aromatic carbocycles. The molecule has 0 aliphatic heterocycles. The minimum atomic E-state index is -0.873. The van der Waals surface area contributed by atoms with Gasteiger partial charge < -0.3 is 10.3 Å².